The van der Waals surface area contributed by atoms with Gasteiger partial charge in [0.1, 0.15) is 13.1 Å². The maximum absolute atomic E-state index is 11.5. The number of carbonyl (C=O) groups excluding carboxylic acids is 2. The highest BCUT2D eigenvalue weighted by Gasteiger charge is 2.22. The van der Waals surface area contributed by atoms with E-state index in [1.165, 1.54) is 4.90 Å². The molecule has 0 aromatic rings. The zero-order valence-corrected chi connectivity index (χ0v) is 9.10. The van der Waals surface area contributed by atoms with Gasteiger partial charge in [-0.3, -0.25) is 9.59 Å². The van der Waals surface area contributed by atoms with Crippen LogP contribution in [0.3, 0.4) is 0 Å². The minimum atomic E-state index is -1.10. The Morgan fingerprint density at radius 3 is 2.75 bits per heavy atom. The van der Waals surface area contributed by atoms with E-state index in [-0.39, 0.29) is 12.5 Å². The number of carboxylic acid groups (broad SMARTS) is 1. The first kappa shape index (κ1) is 12.3. The van der Waals surface area contributed by atoms with Gasteiger partial charge in [-0.15, -0.1) is 0 Å². The van der Waals surface area contributed by atoms with E-state index in [0.717, 1.165) is 0 Å². The van der Waals surface area contributed by atoms with Gasteiger partial charge in [-0.25, -0.2) is 4.79 Å². The van der Waals surface area contributed by atoms with E-state index in [2.05, 4.69) is 5.32 Å². The summed E-state index contributed by atoms with van der Waals surface area (Å²) in [4.78, 5) is 36.1. The molecule has 3 amide bonds. The van der Waals surface area contributed by atoms with E-state index in [1.54, 1.807) is 11.9 Å². The molecule has 0 unspecified atom stereocenters. The summed E-state index contributed by atoms with van der Waals surface area (Å²) in [6.07, 6.45) is 0.697. The highest BCUT2D eigenvalue weighted by atomic mass is 16.4. The molecule has 1 rings (SSSR count). The van der Waals surface area contributed by atoms with Gasteiger partial charge in [-0.05, 0) is 6.42 Å². The number of aliphatic carboxylic acids is 1. The molecule has 0 bridgehead atoms. The van der Waals surface area contributed by atoms with Crippen molar-refractivity contribution in [3.63, 3.8) is 0 Å². The Morgan fingerprint density at radius 1 is 1.44 bits per heavy atom. The molecule has 0 aromatic heterocycles. The molecule has 7 heteroatoms. The Balaban J connectivity index is 2.49. The van der Waals surface area contributed by atoms with Crippen LogP contribution in [0.25, 0.3) is 0 Å². The standard InChI is InChI=1S/C9H15N3O4/c1-11-3-2-4-12(6-7(11)13)9(16)10-5-8(14)15/h2-6H2,1H3,(H,10,16)(H,14,15). The van der Waals surface area contributed by atoms with Gasteiger partial charge >= 0.3 is 12.0 Å². The third kappa shape index (κ3) is 3.41. The first-order chi connectivity index (χ1) is 7.50. The lowest BCUT2D eigenvalue weighted by Gasteiger charge is -2.19. The Labute approximate surface area is 93.0 Å². The number of nitrogens with zero attached hydrogens (tertiary/aromatic N) is 2. The van der Waals surface area contributed by atoms with Crippen molar-refractivity contribution < 1.29 is 19.5 Å². The van der Waals surface area contributed by atoms with Crippen molar-refractivity contribution in [1.29, 1.82) is 0 Å². The molecule has 1 aliphatic rings. The number of likely N-dealkylation sites (N-methyl/N-ethyl adjacent to an activating group) is 1. The first-order valence-corrected chi connectivity index (χ1v) is 4.99. The molecule has 1 fully saturated rings. The molecule has 0 radical (unpaired) electrons. The average molecular weight is 229 g/mol. The monoisotopic (exact) mass is 229 g/mol. The van der Waals surface area contributed by atoms with Crippen LogP contribution in [0.15, 0.2) is 0 Å². The number of nitrogens with one attached hydrogen (secondary N) is 1. The molecule has 2 N–H and O–H groups in total. The van der Waals surface area contributed by atoms with Crippen molar-refractivity contribution in [2.75, 3.05) is 33.2 Å². The Bertz CT molecular complexity index is 305. The maximum Gasteiger partial charge on any atom is 0.323 e. The smallest absolute Gasteiger partial charge is 0.323 e. The van der Waals surface area contributed by atoms with Crippen molar-refractivity contribution in [3.8, 4) is 0 Å². The van der Waals surface area contributed by atoms with Gasteiger partial charge in [0.2, 0.25) is 5.91 Å². The van der Waals surface area contributed by atoms with E-state index in [9.17, 15) is 14.4 Å². The van der Waals surface area contributed by atoms with Gasteiger partial charge in [-0.2, -0.15) is 0 Å². The van der Waals surface area contributed by atoms with Crippen LogP contribution in [-0.4, -0.2) is 66.0 Å². The number of hydrogen-bond donors (Lipinski definition) is 2. The Kier molecular flexibility index (Phi) is 4.10. The molecular formula is C9H15N3O4. The second kappa shape index (κ2) is 5.34. The largest absolute Gasteiger partial charge is 0.480 e. The van der Waals surface area contributed by atoms with Crippen molar-refractivity contribution in [2.45, 2.75) is 6.42 Å². The zero-order valence-electron chi connectivity index (χ0n) is 9.10. The highest BCUT2D eigenvalue weighted by Crippen LogP contribution is 2.02. The molecule has 1 aliphatic heterocycles. The third-order valence-electron chi connectivity index (χ3n) is 2.35. The van der Waals surface area contributed by atoms with Crippen molar-refractivity contribution in [1.82, 2.24) is 15.1 Å². The van der Waals surface area contributed by atoms with Crippen molar-refractivity contribution in [3.05, 3.63) is 0 Å². The molecule has 1 saturated heterocycles. The fourth-order valence-corrected chi connectivity index (χ4v) is 1.42. The molecule has 0 saturated carbocycles. The van der Waals surface area contributed by atoms with Gasteiger partial charge < -0.3 is 20.2 Å². The number of hydrogen-bond acceptors (Lipinski definition) is 3. The summed E-state index contributed by atoms with van der Waals surface area (Å²) < 4.78 is 0. The Hall–Kier alpha value is -1.79. The van der Waals surface area contributed by atoms with Gasteiger partial charge in [0.05, 0.1) is 0 Å². The Morgan fingerprint density at radius 2 is 2.12 bits per heavy atom. The van der Waals surface area contributed by atoms with E-state index in [4.69, 9.17) is 5.11 Å². The second-order valence-corrected chi connectivity index (χ2v) is 3.64. The van der Waals surface area contributed by atoms with Crippen LogP contribution in [0.4, 0.5) is 4.79 Å². The van der Waals surface area contributed by atoms with Gasteiger partial charge in [0, 0.05) is 20.1 Å². The fraction of sp³-hybridized carbons (Fsp3) is 0.667. The molecule has 0 atom stereocenters. The van der Waals surface area contributed by atoms with Crippen molar-refractivity contribution in [2.24, 2.45) is 0 Å². The topological polar surface area (TPSA) is 89.9 Å². The maximum atomic E-state index is 11.5. The number of amides is 3. The quantitative estimate of drug-likeness (QED) is 0.632. The molecule has 7 nitrogen and oxygen atoms in total. The summed E-state index contributed by atoms with van der Waals surface area (Å²) in [7, 11) is 1.68. The molecular weight excluding hydrogens is 214 g/mol. The normalized spacial score (nSPS) is 16.9. The summed E-state index contributed by atoms with van der Waals surface area (Å²) in [6, 6.07) is -0.508. The second-order valence-electron chi connectivity index (χ2n) is 3.64. The molecule has 90 valence electrons. The lowest BCUT2D eigenvalue weighted by atomic mass is 10.4. The third-order valence-corrected chi connectivity index (χ3v) is 2.35. The van der Waals surface area contributed by atoms with Crippen LogP contribution in [0.1, 0.15) is 6.42 Å². The van der Waals surface area contributed by atoms with Crippen LogP contribution >= 0.6 is 0 Å². The highest BCUT2D eigenvalue weighted by molar-refractivity contribution is 5.85. The number of urea groups is 1. The van der Waals surface area contributed by atoms with E-state index in [0.29, 0.717) is 19.5 Å². The predicted octanol–water partition coefficient (Wildman–Crippen LogP) is -1.06. The van der Waals surface area contributed by atoms with E-state index < -0.39 is 18.5 Å². The summed E-state index contributed by atoms with van der Waals surface area (Å²) in [5, 5.41) is 10.6. The van der Waals surface area contributed by atoms with E-state index in [1.807, 2.05) is 0 Å². The van der Waals surface area contributed by atoms with Crippen LogP contribution in [-0.2, 0) is 9.59 Å². The fourth-order valence-electron chi connectivity index (χ4n) is 1.42. The SMILES string of the molecule is CN1CCCN(C(=O)NCC(=O)O)CC1=O. The average Bonchev–Trinajstić information content (AvgIpc) is 2.38. The number of rotatable bonds is 2. The lowest BCUT2D eigenvalue weighted by Crippen LogP contribution is -2.45. The summed E-state index contributed by atoms with van der Waals surface area (Å²) in [6.45, 7) is 0.643. The van der Waals surface area contributed by atoms with Gasteiger partial charge in [0.25, 0.3) is 0 Å². The van der Waals surface area contributed by atoms with Crippen molar-refractivity contribution >= 4 is 17.9 Å². The molecule has 0 aliphatic carbocycles. The minimum absolute atomic E-state index is 0.00194. The first-order valence-electron chi connectivity index (χ1n) is 4.99. The molecule has 0 spiro atoms. The summed E-state index contributed by atoms with van der Waals surface area (Å²) >= 11 is 0. The molecule has 0 aromatic carbocycles. The van der Waals surface area contributed by atoms with Gasteiger partial charge in [-0.1, -0.05) is 0 Å². The lowest BCUT2D eigenvalue weighted by molar-refractivity contribution is -0.135. The van der Waals surface area contributed by atoms with E-state index >= 15 is 0 Å². The number of carbonyl (C=O) groups is 3. The summed E-state index contributed by atoms with van der Waals surface area (Å²) in [5.74, 6) is -1.24. The van der Waals surface area contributed by atoms with Crippen LogP contribution < -0.4 is 5.32 Å². The van der Waals surface area contributed by atoms with Crippen LogP contribution in [0, 0.1) is 0 Å². The number of carboxylic acids is 1. The minimum Gasteiger partial charge on any atom is -0.480 e. The predicted molar refractivity (Wildman–Crippen MR) is 54.9 cm³/mol. The van der Waals surface area contributed by atoms with Crippen LogP contribution in [0.5, 0.6) is 0 Å². The summed E-state index contributed by atoms with van der Waals surface area (Å²) in [5.41, 5.74) is 0. The zero-order chi connectivity index (χ0) is 12.1. The molecule has 16 heavy (non-hydrogen) atoms. The van der Waals surface area contributed by atoms with Gasteiger partial charge in [0.15, 0.2) is 0 Å². The molecule has 1 heterocycles. The van der Waals surface area contributed by atoms with Crippen LogP contribution in [0.2, 0.25) is 0 Å².